The van der Waals surface area contributed by atoms with Crippen LogP contribution in [-0.2, 0) is 14.2 Å². The molecule has 0 aromatic rings. The molecule has 6 nitrogen and oxygen atoms in total. The molecule has 1 aliphatic heterocycles. The highest BCUT2D eigenvalue weighted by Gasteiger charge is 2.38. The summed E-state index contributed by atoms with van der Waals surface area (Å²) in [5, 5.41) is 10.5. The average Bonchev–Trinajstić information content (AvgIpc) is 2.84. The molecule has 0 unspecified atom stereocenters. The van der Waals surface area contributed by atoms with Gasteiger partial charge in [0.15, 0.2) is 5.79 Å². The predicted molar refractivity (Wildman–Crippen MR) is 97.0 cm³/mol. The van der Waals surface area contributed by atoms with Gasteiger partial charge in [0.25, 0.3) is 0 Å². The minimum absolute atomic E-state index is 0.0619. The van der Waals surface area contributed by atoms with Gasteiger partial charge in [-0.25, -0.2) is 4.79 Å². The normalized spacial score (nSPS) is 23.9. The maximum absolute atomic E-state index is 12.1. The maximum Gasteiger partial charge on any atom is 0.415 e. The van der Waals surface area contributed by atoms with Gasteiger partial charge in [-0.1, -0.05) is 13.8 Å². The number of nitrogens with zero attached hydrogens (tertiary/aromatic N) is 1. The first-order valence-corrected chi connectivity index (χ1v) is 9.11. The van der Waals surface area contributed by atoms with Crippen LogP contribution in [0.1, 0.15) is 55.4 Å². The van der Waals surface area contributed by atoms with Crippen molar-refractivity contribution in [3.63, 3.8) is 0 Å². The molecule has 1 N–H and O–H groups in total. The second-order valence-corrected chi connectivity index (χ2v) is 7.88. The lowest BCUT2D eigenvalue weighted by Gasteiger charge is -2.29. The van der Waals surface area contributed by atoms with Gasteiger partial charge in [-0.15, -0.1) is 0 Å². The molecule has 1 aliphatic rings. The molecule has 0 saturated carbocycles. The van der Waals surface area contributed by atoms with Gasteiger partial charge >= 0.3 is 6.09 Å². The summed E-state index contributed by atoms with van der Waals surface area (Å²) in [4.78, 5) is 13.8. The molecular weight excluding hydrogens is 322 g/mol. The summed E-state index contributed by atoms with van der Waals surface area (Å²) in [5.74, 6) is -0.883. The van der Waals surface area contributed by atoms with Gasteiger partial charge in [-0.2, -0.15) is 0 Å². The molecule has 1 saturated heterocycles. The zero-order chi connectivity index (χ0) is 19.4. The second-order valence-electron chi connectivity index (χ2n) is 7.88. The third-order valence-electron chi connectivity index (χ3n) is 4.57. The Hall–Kier alpha value is -1.11. The highest BCUT2D eigenvalue weighted by atomic mass is 16.7. The van der Waals surface area contributed by atoms with Crippen LogP contribution in [0.5, 0.6) is 0 Å². The number of hydrogen-bond acceptors (Lipinski definition) is 5. The van der Waals surface area contributed by atoms with Gasteiger partial charge in [0.1, 0.15) is 0 Å². The van der Waals surface area contributed by atoms with Crippen LogP contribution in [0.4, 0.5) is 4.79 Å². The molecule has 0 aromatic carbocycles. The van der Waals surface area contributed by atoms with Gasteiger partial charge in [0, 0.05) is 23.9 Å². The van der Waals surface area contributed by atoms with E-state index in [-0.39, 0.29) is 36.1 Å². The van der Waals surface area contributed by atoms with Crippen molar-refractivity contribution in [3.05, 3.63) is 12.3 Å². The van der Waals surface area contributed by atoms with Gasteiger partial charge in [-0.3, -0.25) is 0 Å². The standard InChI is InChI=1S/C19H35NO5/c1-12(2)20(13(3)4)18(22)23-10-9-14(5)17(21)15(6)16-11-24-19(7,8)25-16/h9-10,12-17,21H,11H2,1-8H3/b10-9-/t14-,15-,16+,17-/m0/s1. The first-order chi connectivity index (χ1) is 11.5. The Labute approximate surface area is 152 Å². The Kier molecular flexibility index (Phi) is 7.90. The smallest absolute Gasteiger partial charge is 0.415 e. The number of rotatable bonds is 7. The molecule has 1 rings (SSSR count). The van der Waals surface area contributed by atoms with Crippen LogP contribution in [0.3, 0.4) is 0 Å². The molecule has 4 atom stereocenters. The monoisotopic (exact) mass is 357 g/mol. The minimum Gasteiger partial charge on any atom is -0.418 e. The van der Waals surface area contributed by atoms with E-state index >= 15 is 0 Å². The summed E-state index contributed by atoms with van der Waals surface area (Å²) in [6.07, 6.45) is 1.92. The summed E-state index contributed by atoms with van der Waals surface area (Å²) in [7, 11) is 0. The van der Waals surface area contributed by atoms with Crippen LogP contribution in [0.25, 0.3) is 0 Å². The Morgan fingerprint density at radius 2 is 1.76 bits per heavy atom. The topological polar surface area (TPSA) is 68.2 Å². The zero-order valence-corrected chi connectivity index (χ0v) is 16.9. The lowest BCUT2D eigenvalue weighted by molar-refractivity contribution is -0.149. The van der Waals surface area contributed by atoms with E-state index < -0.39 is 11.9 Å². The van der Waals surface area contributed by atoms with E-state index in [0.717, 1.165) is 0 Å². The van der Waals surface area contributed by atoms with Crippen molar-refractivity contribution in [2.45, 2.75) is 85.5 Å². The summed E-state index contributed by atoms with van der Waals surface area (Å²) < 4.78 is 16.6. The fourth-order valence-corrected chi connectivity index (χ4v) is 3.09. The molecule has 146 valence electrons. The number of aliphatic hydroxyl groups is 1. The molecule has 0 bridgehead atoms. The van der Waals surface area contributed by atoms with Crippen LogP contribution in [0, 0.1) is 11.8 Å². The third kappa shape index (κ3) is 6.28. The number of ether oxygens (including phenoxy) is 3. The average molecular weight is 357 g/mol. The lowest BCUT2D eigenvalue weighted by Crippen LogP contribution is -2.41. The lowest BCUT2D eigenvalue weighted by atomic mass is 9.89. The molecule has 25 heavy (non-hydrogen) atoms. The Morgan fingerprint density at radius 3 is 2.20 bits per heavy atom. The van der Waals surface area contributed by atoms with E-state index in [9.17, 15) is 9.90 Å². The van der Waals surface area contributed by atoms with Gasteiger partial charge in [0.2, 0.25) is 0 Å². The van der Waals surface area contributed by atoms with Crippen LogP contribution in [0.15, 0.2) is 12.3 Å². The van der Waals surface area contributed by atoms with Gasteiger partial charge < -0.3 is 24.2 Å². The summed E-state index contributed by atoms with van der Waals surface area (Å²) in [5.41, 5.74) is 0. The molecule has 1 amide bonds. The number of carbonyl (C=O) groups is 1. The Bertz CT molecular complexity index is 453. The van der Waals surface area contributed by atoms with Crippen LogP contribution in [-0.4, -0.2) is 52.8 Å². The fraction of sp³-hybridized carbons (Fsp3) is 0.842. The third-order valence-corrected chi connectivity index (χ3v) is 4.57. The zero-order valence-electron chi connectivity index (χ0n) is 16.9. The van der Waals surface area contributed by atoms with E-state index in [1.807, 2.05) is 55.4 Å². The van der Waals surface area contributed by atoms with E-state index in [2.05, 4.69) is 0 Å². The molecule has 0 aliphatic carbocycles. The van der Waals surface area contributed by atoms with E-state index in [0.29, 0.717) is 6.61 Å². The van der Waals surface area contributed by atoms with Crippen molar-refractivity contribution < 1.29 is 24.1 Å². The van der Waals surface area contributed by atoms with E-state index in [1.54, 1.807) is 11.0 Å². The SMILES string of the molecule is CC(C)N(C(=O)O/C=C\[C@H](C)[C@H](O)[C@@H](C)[C@H]1COC(C)(C)O1)C(C)C. The fourth-order valence-electron chi connectivity index (χ4n) is 3.09. The van der Waals surface area contributed by atoms with Crippen molar-refractivity contribution >= 4 is 6.09 Å². The number of amides is 1. The molecule has 6 heteroatoms. The molecule has 0 spiro atoms. The van der Waals surface area contributed by atoms with Crippen molar-refractivity contribution in [2.75, 3.05) is 6.61 Å². The molecule has 1 heterocycles. The van der Waals surface area contributed by atoms with Crippen molar-refractivity contribution in [1.82, 2.24) is 4.90 Å². The summed E-state index contributed by atoms with van der Waals surface area (Å²) in [6, 6.07) is 0.124. The first-order valence-electron chi connectivity index (χ1n) is 9.11. The predicted octanol–water partition coefficient (Wildman–Crippen LogP) is 3.54. The Morgan fingerprint density at radius 1 is 1.20 bits per heavy atom. The van der Waals surface area contributed by atoms with Gasteiger partial charge in [0.05, 0.1) is 25.1 Å². The van der Waals surface area contributed by atoms with Crippen molar-refractivity contribution in [3.8, 4) is 0 Å². The highest BCUT2D eigenvalue weighted by Crippen LogP contribution is 2.30. The van der Waals surface area contributed by atoms with E-state index in [4.69, 9.17) is 14.2 Å². The molecular formula is C19H35NO5. The quantitative estimate of drug-likeness (QED) is 0.706. The van der Waals surface area contributed by atoms with Crippen molar-refractivity contribution in [1.29, 1.82) is 0 Å². The molecule has 0 aromatic heterocycles. The maximum atomic E-state index is 12.1. The Balaban J connectivity index is 2.55. The number of hydrogen-bond donors (Lipinski definition) is 1. The minimum atomic E-state index is -0.622. The second kappa shape index (κ2) is 9.01. The number of carbonyl (C=O) groups excluding carboxylic acids is 1. The first kappa shape index (κ1) is 21.9. The van der Waals surface area contributed by atoms with Gasteiger partial charge in [-0.05, 0) is 47.6 Å². The van der Waals surface area contributed by atoms with Crippen LogP contribution >= 0.6 is 0 Å². The largest absolute Gasteiger partial charge is 0.418 e. The molecule has 1 fully saturated rings. The number of aliphatic hydroxyl groups excluding tert-OH is 1. The van der Waals surface area contributed by atoms with E-state index in [1.165, 1.54) is 6.26 Å². The van der Waals surface area contributed by atoms with Crippen LogP contribution in [0.2, 0.25) is 0 Å². The summed E-state index contributed by atoms with van der Waals surface area (Å²) >= 11 is 0. The highest BCUT2D eigenvalue weighted by molar-refractivity contribution is 5.68. The summed E-state index contributed by atoms with van der Waals surface area (Å²) in [6.45, 7) is 15.8. The molecule has 0 radical (unpaired) electrons. The van der Waals surface area contributed by atoms with Crippen LogP contribution < -0.4 is 0 Å². The van der Waals surface area contributed by atoms with Crippen molar-refractivity contribution in [2.24, 2.45) is 11.8 Å².